The van der Waals surface area contributed by atoms with Gasteiger partial charge in [0.05, 0.1) is 7.11 Å². The second-order valence-electron chi connectivity index (χ2n) is 5.34. The highest BCUT2D eigenvalue weighted by molar-refractivity contribution is 7.99. The molecule has 0 aliphatic carbocycles. The predicted molar refractivity (Wildman–Crippen MR) is 97.7 cm³/mol. The third-order valence-electron chi connectivity index (χ3n) is 3.81. The molecule has 2 aromatic carbocycles. The number of fused-ring (bicyclic) bond motifs is 1. The monoisotopic (exact) mass is 332 g/mol. The molecule has 2 heterocycles. The van der Waals surface area contributed by atoms with E-state index in [4.69, 9.17) is 9.72 Å². The summed E-state index contributed by atoms with van der Waals surface area (Å²) in [5.74, 6) is 0.847. The summed E-state index contributed by atoms with van der Waals surface area (Å²) in [5, 5.41) is 1.11. The normalized spacial score (nSPS) is 10.9. The fraction of sp³-hybridized carbons (Fsp3) is 0.0500. The summed E-state index contributed by atoms with van der Waals surface area (Å²) in [6, 6.07) is 24.5. The average molecular weight is 332 g/mol. The molecule has 24 heavy (non-hydrogen) atoms. The van der Waals surface area contributed by atoms with Crippen LogP contribution < -0.4 is 4.74 Å². The molecule has 0 N–H and O–H groups in total. The lowest BCUT2D eigenvalue weighted by atomic mass is 10.1. The molecule has 3 nitrogen and oxygen atoms in total. The number of benzene rings is 2. The molecule has 0 spiro atoms. The van der Waals surface area contributed by atoms with Gasteiger partial charge in [0.2, 0.25) is 0 Å². The second kappa shape index (κ2) is 6.42. The summed E-state index contributed by atoms with van der Waals surface area (Å²) < 4.78 is 7.40. The van der Waals surface area contributed by atoms with Crippen LogP contribution in [-0.4, -0.2) is 16.5 Å². The van der Waals surface area contributed by atoms with E-state index in [1.165, 1.54) is 4.90 Å². The van der Waals surface area contributed by atoms with Gasteiger partial charge < -0.3 is 4.74 Å². The third kappa shape index (κ3) is 2.76. The Morgan fingerprint density at radius 1 is 0.875 bits per heavy atom. The Morgan fingerprint density at radius 2 is 1.62 bits per heavy atom. The lowest BCUT2D eigenvalue weighted by molar-refractivity contribution is 0.415. The number of imidazole rings is 1. The van der Waals surface area contributed by atoms with Gasteiger partial charge in [-0.1, -0.05) is 36.0 Å². The van der Waals surface area contributed by atoms with Crippen LogP contribution in [0.4, 0.5) is 0 Å². The van der Waals surface area contributed by atoms with E-state index in [-0.39, 0.29) is 0 Å². The van der Waals surface area contributed by atoms with Crippen LogP contribution >= 0.6 is 11.8 Å². The first-order valence-corrected chi connectivity index (χ1v) is 8.51. The van der Waals surface area contributed by atoms with E-state index in [1.807, 2.05) is 36.4 Å². The van der Waals surface area contributed by atoms with E-state index < -0.39 is 0 Å². The summed E-state index contributed by atoms with van der Waals surface area (Å²) in [6.07, 6.45) is 2.06. The number of ether oxygens (including phenoxy) is 1. The lowest BCUT2D eigenvalue weighted by Crippen LogP contribution is -1.87. The molecule has 0 aliphatic rings. The Kier molecular flexibility index (Phi) is 3.97. The molecule has 4 rings (SSSR count). The van der Waals surface area contributed by atoms with Crippen molar-refractivity contribution < 1.29 is 4.74 Å². The van der Waals surface area contributed by atoms with Crippen molar-refractivity contribution in [3.63, 3.8) is 0 Å². The number of aromatic nitrogens is 2. The van der Waals surface area contributed by atoms with Gasteiger partial charge in [-0.25, -0.2) is 4.98 Å². The lowest BCUT2D eigenvalue weighted by Gasteiger charge is -2.06. The fourth-order valence-corrected chi connectivity index (χ4v) is 3.64. The third-order valence-corrected chi connectivity index (χ3v) is 4.90. The Hall–Kier alpha value is -2.72. The van der Waals surface area contributed by atoms with Crippen LogP contribution in [0.1, 0.15) is 0 Å². The maximum absolute atomic E-state index is 5.26. The molecule has 0 amide bonds. The number of hydrogen-bond acceptors (Lipinski definition) is 3. The average Bonchev–Trinajstić information content (AvgIpc) is 3.01. The molecule has 0 saturated carbocycles. The van der Waals surface area contributed by atoms with E-state index in [2.05, 4.69) is 47.0 Å². The van der Waals surface area contributed by atoms with Gasteiger partial charge in [0.15, 0.2) is 0 Å². The van der Waals surface area contributed by atoms with Crippen LogP contribution in [0.5, 0.6) is 5.75 Å². The van der Waals surface area contributed by atoms with Gasteiger partial charge in [0.1, 0.15) is 22.1 Å². The molecule has 2 aromatic heterocycles. The number of hydrogen-bond donors (Lipinski definition) is 0. The van der Waals surface area contributed by atoms with Crippen molar-refractivity contribution in [1.29, 1.82) is 0 Å². The fourth-order valence-electron chi connectivity index (χ4n) is 2.61. The molecule has 0 aliphatic heterocycles. The van der Waals surface area contributed by atoms with Gasteiger partial charge in [-0.15, -0.1) is 0 Å². The molecule has 4 aromatic rings. The minimum Gasteiger partial charge on any atom is -0.497 e. The van der Waals surface area contributed by atoms with Crippen molar-refractivity contribution in [1.82, 2.24) is 9.38 Å². The van der Waals surface area contributed by atoms with Gasteiger partial charge in [0, 0.05) is 16.7 Å². The van der Waals surface area contributed by atoms with Gasteiger partial charge in [-0.05, 0) is 48.5 Å². The highest BCUT2D eigenvalue weighted by Gasteiger charge is 2.15. The van der Waals surface area contributed by atoms with Crippen molar-refractivity contribution in [3.8, 4) is 17.0 Å². The van der Waals surface area contributed by atoms with Crippen molar-refractivity contribution >= 4 is 17.4 Å². The zero-order chi connectivity index (χ0) is 16.4. The van der Waals surface area contributed by atoms with Crippen molar-refractivity contribution in [2.45, 2.75) is 9.92 Å². The number of methoxy groups -OCH3 is 1. The highest BCUT2D eigenvalue weighted by Crippen LogP contribution is 2.36. The van der Waals surface area contributed by atoms with E-state index in [0.717, 1.165) is 27.7 Å². The molecule has 0 fully saturated rings. The highest BCUT2D eigenvalue weighted by atomic mass is 32.2. The van der Waals surface area contributed by atoms with Gasteiger partial charge in [0.25, 0.3) is 0 Å². The summed E-state index contributed by atoms with van der Waals surface area (Å²) in [5.41, 5.74) is 3.01. The van der Waals surface area contributed by atoms with Crippen LogP contribution in [0.25, 0.3) is 16.9 Å². The summed E-state index contributed by atoms with van der Waals surface area (Å²) in [7, 11) is 1.68. The largest absolute Gasteiger partial charge is 0.497 e. The number of pyridine rings is 1. The molecular weight excluding hydrogens is 316 g/mol. The Labute approximate surface area is 144 Å². The first-order valence-electron chi connectivity index (χ1n) is 7.69. The molecular formula is C20H16N2OS. The van der Waals surface area contributed by atoms with Crippen molar-refractivity contribution in [2.75, 3.05) is 7.11 Å². The van der Waals surface area contributed by atoms with Crippen LogP contribution in [0, 0.1) is 0 Å². The van der Waals surface area contributed by atoms with Crippen LogP contribution in [-0.2, 0) is 0 Å². The molecule has 0 saturated heterocycles. The van der Waals surface area contributed by atoms with Gasteiger partial charge in [-0.2, -0.15) is 0 Å². The molecule has 0 unspecified atom stereocenters. The Morgan fingerprint density at radius 3 is 2.38 bits per heavy atom. The van der Waals surface area contributed by atoms with E-state index in [0.29, 0.717) is 0 Å². The van der Waals surface area contributed by atoms with Gasteiger partial charge >= 0.3 is 0 Å². The standard InChI is InChI=1S/C20H16N2OS/c1-23-16-12-10-15(11-13-16)19-20(24-17-7-3-2-4-8-17)22-14-6-5-9-18(22)21-19/h2-14H,1H3. The second-order valence-corrected chi connectivity index (χ2v) is 6.40. The van der Waals surface area contributed by atoms with Crippen molar-refractivity contribution in [3.05, 3.63) is 79.0 Å². The van der Waals surface area contributed by atoms with Crippen molar-refractivity contribution in [2.24, 2.45) is 0 Å². The smallest absolute Gasteiger partial charge is 0.138 e. The topological polar surface area (TPSA) is 26.5 Å². The molecule has 0 atom stereocenters. The first kappa shape index (κ1) is 14.8. The SMILES string of the molecule is COc1ccc(-c2nc3ccccn3c2Sc2ccccc2)cc1. The number of rotatable bonds is 4. The predicted octanol–water partition coefficient (Wildman–Crippen LogP) is 5.16. The molecule has 118 valence electrons. The summed E-state index contributed by atoms with van der Waals surface area (Å²) in [6.45, 7) is 0. The van der Waals surface area contributed by atoms with Crippen LogP contribution in [0.2, 0.25) is 0 Å². The first-order chi connectivity index (χ1) is 11.8. The Balaban J connectivity index is 1.85. The zero-order valence-electron chi connectivity index (χ0n) is 13.2. The molecule has 0 radical (unpaired) electrons. The van der Waals surface area contributed by atoms with Crippen LogP contribution in [0.15, 0.2) is 88.9 Å². The quantitative estimate of drug-likeness (QED) is 0.516. The molecule has 0 bridgehead atoms. The maximum atomic E-state index is 5.26. The number of nitrogens with zero attached hydrogens (tertiary/aromatic N) is 2. The Bertz CT molecular complexity index is 962. The summed E-state index contributed by atoms with van der Waals surface area (Å²) >= 11 is 1.72. The molecule has 4 heteroatoms. The van der Waals surface area contributed by atoms with Gasteiger partial charge in [-0.3, -0.25) is 4.40 Å². The minimum atomic E-state index is 0.847. The van der Waals surface area contributed by atoms with E-state index in [1.54, 1.807) is 18.9 Å². The summed E-state index contributed by atoms with van der Waals surface area (Å²) in [4.78, 5) is 6.03. The van der Waals surface area contributed by atoms with Crippen LogP contribution in [0.3, 0.4) is 0 Å². The van der Waals surface area contributed by atoms with E-state index in [9.17, 15) is 0 Å². The minimum absolute atomic E-state index is 0.847. The van der Waals surface area contributed by atoms with E-state index >= 15 is 0 Å². The zero-order valence-corrected chi connectivity index (χ0v) is 14.0. The maximum Gasteiger partial charge on any atom is 0.138 e.